The van der Waals surface area contributed by atoms with Crippen LogP contribution in [0.4, 0.5) is 0 Å². The van der Waals surface area contributed by atoms with Crippen LogP contribution in [0.1, 0.15) is 40.5 Å². The second-order valence-corrected chi connectivity index (χ2v) is 4.60. The second-order valence-electron chi connectivity index (χ2n) is 4.60. The maximum absolute atomic E-state index is 11.2. The summed E-state index contributed by atoms with van der Waals surface area (Å²) in [7, 11) is 0. The van der Waals surface area contributed by atoms with Crippen molar-refractivity contribution < 1.29 is 9.59 Å². The Kier molecular flexibility index (Phi) is 7.60. The van der Waals surface area contributed by atoms with Gasteiger partial charge >= 0.3 is 0 Å². The summed E-state index contributed by atoms with van der Waals surface area (Å²) in [5.74, 6) is 0.263. The summed E-state index contributed by atoms with van der Waals surface area (Å²) in [6, 6.07) is 0. The van der Waals surface area contributed by atoms with Crippen molar-refractivity contribution in [1.29, 1.82) is 0 Å². The number of carbonyl (C=O) groups excluding carboxylic acids is 2. The van der Waals surface area contributed by atoms with Gasteiger partial charge in [-0.15, -0.1) is 0 Å². The van der Waals surface area contributed by atoms with Gasteiger partial charge in [0.1, 0.15) is 0 Å². The van der Waals surface area contributed by atoms with Gasteiger partial charge in [-0.2, -0.15) is 0 Å². The molecular formula is C12H24N2O2. The van der Waals surface area contributed by atoms with Gasteiger partial charge in [-0.1, -0.05) is 27.7 Å². The average molecular weight is 228 g/mol. The van der Waals surface area contributed by atoms with Crippen LogP contribution >= 0.6 is 0 Å². The Morgan fingerprint density at radius 3 is 1.38 bits per heavy atom. The Labute approximate surface area is 98.2 Å². The summed E-state index contributed by atoms with van der Waals surface area (Å²) in [5, 5.41) is 5.68. The van der Waals surface area contributed by atoms with E-state index < -0.39 is 0 Å². The molecule has 2 N–H and O–H groups in total. The molecule has 0 bridgehead atoms. The molecule has 0 aliphatic heterocycles. The Bertz CT molecular complexity index is 201. The van der Waals surface area contributed by atoms with Crippen LogP contribution < -0.4 is 10.6 Å². The van der Waals surface area contributed by atoms with Crippen LogP contribution in [0.25, 0.3) is 0 Å². The molecule has 94 valence electrons. The third kappa shape index (κ3) is 7.26. The van der Waals surface area contributed by atoms with E-state index in [0.29, 0.717) is 13.1 Å². The van der Waals surface area contributed by atoms with Crippen LogP contribution in [0.3, 0.4) is 0 Å². The first-order valence-corrected chi connectivity index (χ1v) is 6.00. The lowest BCUT2D eigenvalue weighted by Crippen LogP contribution is -2.31. The van der Waals surface area contributed by atoms with Gasteiger partial charge in [0.2, 0.25) is 11.8 Å². The van der Waals surface area contributed by atoms with E-state index in [0.717, 1.165) is 12.8 Å². The van der Waals surface area contributed by atoms with Crippen molar-refractivity contribution in [1.82, 2.24) is 10.6 Å². The molecule has 0 rings (SSSR count). The molecule has 0 unspecified atom stereocenters. The van der Waals surface area contributed by atoms with Gasteiger partial charge in [0.15, 0.2) is 0 Å². The average Bonchev–Trinajstić information content (AvgIpc) is 2.21. The molecular weight excluding hydrogens is 204 g/mol. The van der Waals surface area contributed by atoms with Crippen LogP contribution in [0.15, 0.2) is 0 Å². The van der Waals surface area contributed by atoms with Gasteiger partial charge < -0.3 is 10.6 Å². The largest absolute Gasteiger partial charge is 0.356 e. The molecule has 0 aromatic heterocycles. The van der Waals surface area contributed by atoms with E-state index in [4.69, 9.17) is 0 Å². The Hall–Kier alpha value is -1.06. The standard InChI is InChI=1S/C12H24N2O2/c1-9(2)11(15)13-7-5-6-8-14-12(16)10(3)4/h9-10H,5-8H2,1-4H3,(H,13,15)(H,14,16). The van der Waals surface area contributed by atoms with Gasteiger partial charge in [0, 0.05) is 24.9 Å². The lowest BCUT2D eigenvalue weighted by Gasteiger charge is -2.09. The minimum Gasteiger partial charge on any atom is -0.356 e. The molecule has 2 amide bonds. The van der Waals surface area contributed by atoms with Crippen molar-refractivity contribution in [3.63, 3.8) is 0 Å². The molecule has 0 spiro atoms. The normalized spacial score (nSPS) is 10.6. The summed E-state index contributed by atoms with van der Waals surface area (Å²) >= 11 is 0. The first kappa shape index (κ1) is 14.9. The van der Waals surface area contributed by atoms with Crippen molar-refractivity contribution in [3.05, 3.63) is 0 Å². The maximum atomic E-state index is 11.2. The molecule has 0 saturated carbocycles. The monoisotopic (exact) mass is 228 g/mol. The van der Waals surface area contributed by atoms with Crippen LogP contribution in [-0.4, -0.2) is 24.9 Å². The first-order valence-electron chi connectivity index (χ1n) is 6.00. The van der Waals surface area contributed by atoms with E-state index in [1.165, 1.54) is 0 Å². The summed E-state index contributed by atoms with van der Waals surface area (Å²) in [6.45, 7) is 8.87. The molecule has 0 radical (unpaired) electrons. The number of hydrogen-bond acceptors (Lipinski definition) is 2. The number of unbranched alkanes of at least 4 members (excludes halogenated alkanes) is 1. The van der Waals surface area contributed by atoms with E-state index in [1.807, 2.05) is 27.7 Å². The highest BCUT2D eigenvalue weighted by molar-refractivity contribution is 5.78. The minimum absolute atomic E-state index is 0.0423. The lowest BCUT2D eigenvalue weighted by molar-refractivity contribution is -0.124. The van der Waals surface area contributed by atoms with Crippen molar-refractivity contribution >= 4 is 11.8 Å². The molecule has 0 aromatic rings. The van der Waals surface area contributed by atoms with Gasteiger partial charge in [-0.25, -0.2) is 0 Å². The minimum atomic E-state index is 0.0423. The quantitative estimate of drug-likeness (QED) is 0.645. The van der Waals surface area contributed by atoms with Crippen molar-refractivity contribution in [2.75, 3.05) is 13.1 Å². The summed E-state index contributed by atoms with van der Waals surface area (Å²) < 4.78 is 0. The smallest absolute Gasteiger partial charge is 0.222 e. The predicted molar refractivity (Wildman–Crippen MR) is 64.9 cm³/mol. The maximum Gasteiger partial charge on any atom is 0.222 e. The van der Waals surface area contributed by atoms with Gasteiger partial charge in [-0.05, 0) is 12.8 Å². The van der Waals surface area contributed by atoms with Crippen LogP contribution in [0, 0.1) is 11.8 Å². The number of hydrogen-bond donors (Lipinski definition) is 2. The summed E-state index contributed by atoms with van der Waals surface area (Å²) in [6.07, 6.45) is 1.80. The lowest BCUT2D eigenvalue weighted by atomic mass is 10.2. The number of amides is 2. The fraction of sp³-hybridized carbons (Fsp3) is 0.833. The summed E-state index contributed by atoms with van der Waals surface area (Å²) in [4.78, 5) is 22.4. The Morgan fingerprint density at radius 1 is 0.812 bits per heavy atom. The van der Waals surface area contributed by atoms with Crippen LogP contribution in [-0.2, 0) is 9.59 Å². The highest BCUT2D eigenvalue weighted by Gasteiger charge is 2.06. The molecule has 16 heavy (non-hydrogen) atoms. The van der Waals surface area contributed by atoms with Gasteiger partial charge in [0.05, 0.1) is 0 Å². The Balaban J connectivity index is 3.35. The number of nitrogens with one attached hydrogen (secondary N) is 2. The summed E-state index contributed by atoms with van der Waals surface area (Å²) in [5.41, 5.74) is 0. The van der Waals surface area contributed by atoms with Crippen LogP contribution in [0.2, 0.25) is 0 Å². The van der Waals surface area contributed by atoms with Crippen molar-refractivity contribution in [2.24, 2.45) is 11.8 Å². The number of rotatable bonds is 7. The highest BCUT2D eigenvalue weighted by atomic mass is 16.2. The molecule has 0 aliphatic carbocycles. The van der Waals surface area contributed by atoms with E-state index >= 15 is 0 Å². The zero-order chi connectivity index (χ0) is 12.6. The molecule has 0 saturated heterocycles. The molecule has 0 fully saturated rings. The number of carbonyl (C=O) groups is 2. The molecule has 0 heterocycles. The molecule has 0 aromatic carbocycles. The molecule has 4 heteroatoms. The topological polar surface area (TPSA) is 58.2 Å². The molecule has 0 atom stereocenters. The van der Waals surface area contributed by atoms with Crippen molar-refractivity contribution in [2.45, 2.75) is 40.5 Å². The predicted octanol–water partition coefficient (Wildman–Crippen LogP) is 1.31. The first-order chi connectivity index (χ1) is 7.45. The van der Waals surface area contributed by atoms with E-state index in [-0.39, 0.29) is 23.7 Å². The molecule has 4 nitrogen and oxygen atoms in total. The van der Waals surface area contributed by atoms with Crippen molar-refractivity contribution in [3.8, 4) is 0 Å². The van der Waals surface area contributed by atoms with Crippen LogP contribution in [0.5, 0.6) is 0 Å². The third-order valence-electron chi connectivity index (χ3n) is 2.25. The second kappa shape index (κ2) is 8.13. The zero-order valence-electron chi connectivity index (χ0n) is 10.8. The van der Waals surface area contributed by atoms with E-state index in [1.54, 1.807) is 0 Å². The van der Waals surface area contributed by atoms with Gasteiger partial charge in [-0.3, -0.25) is 9.59 Å². The Morgan fingerprint density at radius 2 is 1.12 bits per heavy atom. The fourth-order valence-corrected chi connectivity index (χ4v) is 1.08. The molecule has 0 aliphatic rings. The SMILES string of the molecule is CC(C)C(=O)NCCCCNC(=O)C(C)C. The third-order valence-corrected chi connectivity index (χ3v) is 2.25. The van der Waals surface area contributed by atoms with E-state index in [2.05, 4.69) is 10.6 Å². The highest BCUT2D eigenvalue weighted by Crippen LogP contribution is 1.93. The van der Waals surface area contributed by atoms with E-state index in [9.17, 15) is 9.59 Å². The van der Waals surface area contributed by atoms with Gasteiger partial charge in [0.25, 0.3) is 0 Å². The zero-order valence-corrected chi connectivity index (χ0v) is 10.8. The fourth-order valence-electron chi connectivity index (χ4n) is 1.08.